The van der Waals surface area contributed by atoms with Crippen molar-refractivity contribution in [3.8, 4) is 0 Å². The van der Waals surface area contributed by atoms with Crippen molar-refractivity contribution in [2.75, 3.05) is 13.1 Å². The normalized spacial score (nSPS) is 16.6. The van der Waals surface area contributed by atoms with E-state index in [1.807, 2.05) is 19.9 Å². The number of aliphatic carboxylic acids is 1. The Kier molecular flexibility index (Phi) is 6.67. The molecule has 0 bridgehead atoms. The summed E-state index contributed by atoms with van der Waals surface area (Å²) in [6.07, 6.45) is 5.94. The number of benzene rings is 1. The molecule has 1 fully saturated rings. The zero-order chi connectivity index (χ0) is 17.7. The van der Waals surface area contributed by atoms with Crippen molar-refractivity contribution in [2.45, 2.75) is 57.8 Å². The molecule has 24 heavy (non-hydrogen) atoms. The average Bonchev–Trinajstić information content (AvgIpc) is 2.57. The van der Waals surface area contributed by atoms with Gasteiger partial charge in [-0.25, -0.2) is 0 Å². The first kappa shape index (κ1) is 18.8. The highest BCUT2D eigenvalue weighted by Crippen LogP contribution is 2.37. The molecule has 0 spiro atoms. The molecule has 0 saturated heterocycles. The van der Waals surface area contributed by atoms with E-state index in [1.54, 1.807) is 17.0 Å². The molecule has 1 N–H and O–H groups in total. The second-order valence-electron chi connectivity index (χ2n) is 6.40. The third kappa shape index (κ3) is 4.10. The molecule has 1 amide bonds. The van der Waals surface area contributed by atoms with E-state index < -0.39 is 11.9 Å². The Morgan fingerprint density at radius 3 is 2.33 bits per heavy atom. The number of carboxylic acids is 1. The van der Waals surface area contributed by atoms with Gasteiger partial charge < -0.3 is 10.0 Å². The molecular formula is C19H26ClNO3. The second-order valence-corrected chi connectivity index (χ2v) is 6.80. The molecule has 1 saturated carbocycles. The van der Waals surface area contributed by atoms with Crippen LogP contribution in [0.4, 0.5) is 0 Å². The predicted molar refractivity (Wildman–Crippen MR) is 95.6 cm³/mol. The van der Waals surface area contributed by atoms with Crippen molar-refractivity contribution < 1.29 is 14.7 Å². The number of carbonyl (C=O) groups is 2. The molecule has 0 aliphatic heterocycles. The molecule has 1 aromatic rings. The van der Waals surface area contributed by atoms with Crippen LogP contribution in [0.3, 0.4) is 0 Å². The van der Waals surface area contributed by atoms with Gasteiger partial charge in [-0.2, -0.15) is 0 Å². The minimum absolute atomic E-state index is 0.381. The summed E-state index contributed by atoms with van der Waals surface area (Å²) in [7, 11) is 0. The Bertz CT molecular complexity index is 592. The number of carbonyl (C=O) groups excluding carboxylic acids is 1. The lowest BCUT2D eigenvalue weighted by Crippen LogP contribution is -2.38. The minimum Gasteiger partial charge on any atom is -0.480 e. The highest BCUT2D eigenvalue weighted by atomic mass is 35.5. The molecule has 4 nitrogen and oxygen atoms in total. The summed E-state index contributed by atoms with van der Waals surface area (Å²) in [6, 6.07) is 5.35. The van der Waals surface area contributed by atoms with E-state index in [9.17, 15) is 14.7 Å². The van der Waals surface area contributed by atoms with Crippen molar-refractivity contribution in [1.82, 2.24) is 4.90 Å². The number of halogens is 1. The molecule has 5 heteroatoms. The van der Waals surface area contributed by atoms with E-state index in [1.165, 1.54) is 19.3 Å². The van der Waals surface area contributed by atoms with Gasteiger partial charge in [0.1, 0.15) is 0 Å². The van der Waals surface area contributed by atoms with Gasteiger partial charge in [0.15, 0.2) is 5.92 Å². The van der Waals surface area contributed by atoms with Crippen LogP contribution in [0.15, 0.2) is 18.2 Å². The van der Waals surface area contributed by atoms with Gasteiger partial charge in [0.2, 0.25) is 5.91 Å². The van der Waals surface area contributed by atoms with E-state index >= 15 is 0 Å². The zero-order valence-corrected chi connectivity index (χ0v) is 15.2. The summed E-state index contributed by atoms with van der Waals surface area (Å²) < 4.78 is 0. The minimum atomic E-state index is -1.19. The molecule has 0 radical (unpaired) electrons. The Morgan fingerprint density at radius 2 is 1.83 bits per heavy atom. The monoisotopic (exact) mass is 351 g/mol. The maximum atomic E-state index is 12.5. The van der Waals surface area contributed by atoms with E-state index in [4.69, 9.17) is 11.6 Å². The van der Waals surface area contributed by atoms with Crippen LogP contribution in [-0.2, 0) is 9.59 Å². The fraction of sp³-hybridized carbons (Fsp3) is 0.579. The first-order valence-electron chi connectivity index (χ1n) is 8.80. The molecule has 1 unspecified atom stereocenters. The number of likely N-dealkylation sites (N-methyl/N-ethyl adjacent to an activating group) is 1. The summed E-state index contributed by atoms with van der Waals surface area (Å²) in [5.41, 5.74) is 1.54. The Morgan fingerprint density at radius 1 is 1.21 bits per heavy atom. The smallest absolute Gasteiger partial charge is 0.320 e. The molecule has 132 valence electrons. The van der Waals surface area contributed by atoms with Gasteiger partial charge in [0, 0.05) is 18.1 Å². The summed E-state index contributed by atoms with van der Waals surface area (Å²) in [5, 5.41) is 10.1. The number of amides is 1. The number of carboxylic acid groups (broad SMARTS) is 1. The summed E-state index contributed by atoms with van der Waals surface area (Å²) in [6.45, 7) is 4.68. The summed E-state index contributed by atoms with van der Waals surface area (Å²) in [4.78, 5) is 25.8. The van der Waals surface area contributed by atoms with Crippen LogP contribution in [0, 0.1) is 0 Å². The van der Waals surface area contributed by atoms with Crippen LogP contribution in [0.1, 0.15) is 68.9 Å². The average molecular weight is 352 g/mol. The van der Waals surface area contributed by atoms with Gasteiger partial charge in [-0.15, -0.1) is 0 Å². The van der Waals surface area contributed by atoms with Crippen molar-refractivity contribution >= 4 is 23.5 Å². The molecule has 1 atom stereocenters. The number of nitrogens with zero attached hydrogens (tertiary/aromatic N) is 1. The van der Waals surface area contributed by atoms with E-state index in [-0.39, 0.29) is 5.91 Å². The second kappa shape index (κ2) is 8.52. The van der Waals surface area contributed by atoms with Gasteiger partial charge in [0.05, 0.1) is 0 Å². The Labute approximate surface area is 148 Å². The van der Waals surface area contributed by atoms with Crippen LogP contribution < -0.4 is 0 Å². The number of hydrogen-bond acceptors (Lipinski definition) is 2. The molecule has 0 aromatic heterocycles. The fourth-order valence-electron chi connectivity index (χ4n) is 3.58. The van der Waals surface area contributed by atoms with Crippen molar-refractivity contribution in [3.63, 3.8) is 0 Å². The quantitative estimate of drug-likeness (QED) is 0.771. The molecule has 1 aliphatic carbocycles. The van der Waals surface area contributed by atoms with Gasteiger partial charge in [-0.3, -0.25) is 9.59 Å². The third-order valence-electron chi connectivity index (χ3n) is 4.97. The van der Waals surface area contributed by atoms with Crippen LogP contribution in [0.25, 0.3) is 0 Å². The van der Waals surface area contributed by atoms with Crippen LogP contribution in [0.2, 0.25) is 5.02 Å². The van der Waals surface area contributed by atoms with E-state index in [0.29, 0.717) is 29.6 Å². The molecule has 1 aliphatic rings. The number of rotatable bonds is 6. The first-order valence-corrected chi connectivity index (χ1v) is 9.18. The summed E-state index contributed by atoms with van der Waals surface area (Å²) >= 11 is 6.45. The van der Waals surface area contributed by atoms with Gasteiger partial charge >= 0.3 is 5.97 Å². The number of hydrogen-bond donors (Lipinski definition) is 1. The molecule has 2 rings (SSSR count). The van der Waals surface area contributed by atoms with Crippen LogP contribution in [-0.4, -0.2) is 35.0 Å². The Hall–Kier alpha value is -1.55. The maximum Gasteiger partial charge on any atom is 0.320 e. The van der Waals surface area contributed by atoms with Crippen molar-refractivity contribution in [1.29, 1.82) is 0 Å². The topological polar surface area (TPSA) is 57.6 Å². The first-order chi connectivity index (χ1) is 11.5. The van der Waals surface area contributed by atoms with Gasteiger partial charge in [-0.1, -0.05) is 43.0 Å². The maximum absolute atomic E-state index is 12.5. The molecule has 1 aromatic carbocycles. The summed E-state index contributed by atoms with van der Waals surface area (Å²) in [5.74, 6) is -2.26. The van der Waals surface area contributed by atoms with E-state index in [2.05, 4.69) is 0 Å². The lowest BCUT2D eigenvalue weighted by Gasteiger charge is -2.25. The predicted octanol–water partition coefficient (Wildman–Crippen LogP) is 4.42. The molecule has 0 heterocycles. The van der Waals surface area contributed by atoms with E-state index in [0.717, 1.165) is 18.4 Å². The standard InChI is InChI=1S/C19H26ClNO3/c1-3-21(4-2)18(22)17(19(23)24)14-10-11-15(16(20)12-14)13-8-6-5-7-9-13/h10-13,17H,3-9H2,1-2H3,(H,23,24). The molecular weight excluding hydrogens is 326 g/mol. The van der Waals surface area contributed by atoms with Crippen LogP contribution >= 0.6 is 11.6 Å². The van der Waals surface area contributed by atoms with Gasteiger partial charge in [0.25, 0.3) is 0 Å². The Balaban J connectivity index is 2.29. The highest BCUT2D eigenvalue weighted by Gasteiger charge is 2.32. The third-order valence-corrected chi connectivity index (χ3v) is 5.30. The lowest BCUT2D eigenvalue weighted by atomic mass is 9.83. The zero-order valence-electron chi connectivity index (χ0n) is 14.4. The van der Waals surface area contributed by atoms with Crippen LogP contribution in [0.5, 0.6) is 0 Å². The SMILES string of the molecule is CCN(CC)C(=O)C(C(=O)O)c1ccc(C2CCCCC2)c(Cl)c1. The van der Waals surface area contributed by atoms with Crippen molar-refractivity contribution in [3.05, 3.63) is 34.3 Å². The lowest BCUT2D eigenvalue weighted by molar-refractivity contribution is -0.146. The van der Waals surface area contributed by atoms with Crippen molar-refractivity contribution in [2.24, 2.45) is 0 Å². The highest BCUT2D eigenvalue weighted by molar-refractivity contribution is 6.31. The fourth-order valence-corrected chi connectivity index (χ4v) is 3.92. The largest absolute Gasteiger partial charge is 0.480 e. The van der Waals surface area contributed by atoms with Gasteiger partial charge in [-0.05, 0) is 49.8 Å².